The van der Waals surface area contributed by atoms with Crippen molar-refractivity contribution in [2.45, 2.75) is 11.7 Å². The second-order valence-electron chi connectivity index (χ2n) is 4.67. The summed E-state index contributed by atoms with van der Waals surface area (Å²) in [7, 11) is 0. The molecule has 3 rings (SSSR count). The van der Waals surface area contributed by atoms with Crippen LogP contribution in [0, 0.1) is 0 Å². The van der Waals surface area contributed by atoms with Crippen LogP contribution in [0.15, 0.2) is 47.5 Å². The number of amidine groups is 1. The molecule has 1 aromatic carbocycles. The van der Waals surface area contributed by atoms with Gasteiger partial charge in [0.1, 0.15) is 5.54 Å². The van der Waals surface area contributed by atoms with Crippen molar-refractivity contribution in [1.29, 1.82) is 0 Å². The average Bonchev–Trinajstić information content (AvgIpc) is 2.42. The van der Waals surface area contributed by atoms with Crippen LogP contribution in [0.2, 0.25) is 5.02 Å². The van der Waals surface area contributed by atoms with Crippen molar-refractivity contribution in [2.75, 3.05) is 5.32 Å². The second-order valence-corrected chi connectivity index (χ2v) is 5.10. The summed E-state index contributed by atoms with van der Waals surface area (Å²) in [6, 6.07) is 4.48. The van der Waals surface area contributed by atoms with Crippen LogP contribution in [0.1, 0.15) is 5.56 Å². The fourth-order valence-electron chi connectivity index (χ4n) is 2.28. The van der Waals surface area contributed by atoms with Crippen LogP contribution in [0.5, 0.6) is 0 Å². The third-order valence-electron chi connectivity index (χ3n) is 3.23. The topological polar surface area (TPSA) is 41.5 Å². The van der Waals surface area contributed by atoms with Crippen LogP contribution in [0.3, 0.4) is 0 Å². The minimum absolute atomic E-state index is 0.255. The van der Waals surface area contributed by atoms with Crippen LogP contribution in [0.25, 0.3) is 0 Å². The minimum atomic E-state index is -4.62. The van der Waals surface area contributed by atoms with Gasteiger partial charge in [0.05, 0.1) is 0 Å². The lowest BCUT2D eigenvalue weighted by molar-refractivity contribution is -0.110. The molecule has 108 valence electrons. The van der Waals surface area contributed by atoms with Crippen molar-refractivity contribution in [3.05, 3.63) is 53.1 Å². The van der Waals surface area contributed by atoms with E-state index in [1.165, 1.54) is 42.5 Å². The molecule has 0 radical (unpaired) electrons. The van der Waals surface area contributed by atoms with Crippen LogP contribution in [-0.2, 0) is 10.3 Å². The Balaban J connectivity index is 2.23. The molecule has 1 aliphatic heterocycles. The first-order chi connectivity index (χ1) is 9.80. The monoisotopic (exact) mass is 312 g/mol. The van der Waals surface area contributed by atoms with Crippen molar-refractivity contribution in [3.8, 4) is 0 Å². The van der Waals surface area contributed by atoms with Crippen LogP contribution in [-0.4, -0.2) is 17.8 Å². The van der Waals surface area contributed by atoms with E-state index >= 15 is 0 Å². The van der Waals surface area contributed by atoms with E-state index in [4.69, 9.17) is 11.6 Å². The molecule has 21 heavy (non-hydrogen) atoms. The average molecular weight is 313 g/mol. The highest BCUT2D eigenvalue weighted by atomic mass is 35.5. The summed E-state index contributed by atoms with van der Waals surface area (Å²) in [6.45, 7) is 0. The minimum Gasteiger partial charge on any atom is -0.336 e. The summed E-state index contributed by atoms with van der Waals surface area (Å²) in [5.74, 6) is -1.41. The predicted octanol–water partition coefficient (Wildman–Crippen LogP) is 3.62. The van der Waals surface area contributed by atoms with E-state index in [2.05, 4.69) is 10.3 Å². The van der Waals surface area contributed by atoms with Gasteiger partial charge in [0.25, 0.3) is 0 Å². The fourth-order valence-corrected chi connectivity index (χ4v) is 2.45. The van der Waals surface area contributed by atoms with E-state index in [0.29, 0.717) is 10.6 Å². The molecule has 0 aromatic heterocycles. The third-order valence-corrected chi connectivity index (χ3v) is 3.47. The molecule has 1 aromatic rings. The Morgan fingerprint density at radius 3 is 2.48 bits per heavy atom. The highest BCUT2D eigenvalue weighted by Gasteiger charge is 2.44. The highest BCUT2D eigenvalue weighted by molar-refractivity contribution is 6.30. The fraction of sp³-hybridized carbons (Fsp3) is 0.143. The normalized spacial score (nSPS) is 19.2. The summed E-state index contributed by atoms with van der Waals surface area (Å²) < 4.78 is 39.0. The Kier molecular flexibility index (Phi) is 2.95. The van der Waals surface area contributed by atoms with Crippen molar-refractivity contribution >= 4 is 28.9 Å². The Hall–Kier alpha value is -2.08. The molecule has 0 saturated heterocycles. The summed E-state index contributed by atoms with van der Waals surface area (Å²) in [5.41, 5.74) is -0.655. The lowest BCUT2D eigenvalue weighted by atomic mass is 9.84. The summed E-state index contributed by atoms with van der Waals surface area (Å²) in [4.78, 5) is 15.0. The van der Waals surface area contributed by atoms with Gasteiger partial charge in [-0.25, -0.2) is 4.99 Å². The molecule has 0 atom stereocenters. The molecule has 1 N–H and O–H groups in total. The number of rotatable bonds is 0. The maximum absolute atomic E-state index is 13.0. The number of carbonyl (C=O) groups is 1. The SMILES string of the molecule is O=C1C=CC2(C=C1)N=C(C(F)(F)F)Nc1ccc(Cl)cc12. The van der Waals surface area contributed by atoms with E-state index < -0.39 is 17.6 Å². The second kappa shape index (κ2) is 4.46. The summed E-state index contributed by atoms with van der Waals surface area (Å²) >= 11 is 5.92. The van der Waals surface area contributed by atoms with Gasteiger partial charge in [-0.3, -0.25) is 4.79 Å². The molecule has 1 heterocycles. The summed E-state index contributed by atoms with van der Waals surface area (Å²) in [6.07, 6.45) is 0.475. The van der Waals surface area contributed by atoms with E-state index in [0.717, 1.165) is 0 Å². The zero-order valence-corrected chi connectivity index (χ0v) is 11.2. The van der Waals surface area contributed by atoms with Gasteiger partial charge in [0.15, 0.2) is 5.78 Å². The Bertz CT molecular complexity index is 703. The number of aliphatic imine (C=N–C) groups is 1. The smallest absolute Gasteiger partial charge is 0.336 e. The van der Waals surface area contributed by atoms with Gasteiger partial charge in [-0.2, -0.15) is 13.2 Å². The van der Waals surface area contributed by atoms with Gasteiger partial charge < -0.3 is 5.32 Å². The van der Waals surface area contributed by atoms with Gasteiger partial charge in [-0.1, -0.05) is 11.6 Å². The Morgan fingerprint density at radius 2 is 1.86 bits per heavy atom. The quantitative estimate of drug-likeness (QED) is 0.795. The third kappa shape index (κ3) is 2.35. The molecule has 0 unspecified atom stereocenters. The maximum atomic E-state index is 13.0. The van der Waals surface area contributed by atoms with Gasteiger partial charge >= 0.3 is 6.18 Å². The van der Waals surface area contributed by atoms with Gasteiger partial charge in [0, 0.05) is 16.3 Å². The zero-order valence-electron chi connectivity index (χ0n) is 10.4. The van der Waals surface area contributed by atoms with Gasteiger partial charge in [-0.05, 0) is 42.5 Å². The van der Waals surface area contributed by atoms with Crippen molar-refractivity contribution in [2.24, 2.45) is 4.99 Å². The number of anilines is 1. The molecular formula is C14H8ClF3N2O. The van der Waals surface area contributed by atoms with Crippen molar-refractivity contribution < 1.29 is 18.0 Å². The molecule has 2 aliphatic rings. The van der Waals surface area contributed by atoms with Crippen LogP contribution >= 0.6 is 11.6 Å². The van der Waals surface area contributed by atoms with Crippen molar-refractivity contribution in [3.63, 3.8) is 0 Å². The number of hydrogen-bond acceptors (Lipinski definition) is 3. The molecule has 7 heteroatoms. The molecule has 0 fully saturated rings. The molecule has 3 nitrogen and oxygen atoms in total. The number of nitrogens with zero attached hydrogens (tertiary/aromatic N) is 1. The molecule has 1 aliphatic carbocycles. The molecule has 0 bridgehead atoms. The van der Waals surface area contributed by atoms with Gasteiger partial charge in [-0.15, -0.1) is 0 Å². The largest absolute Gasteiger partial charge is 0.449 e. The number of hydrogen-bond donors (Lipinski definition) is 1. The molecule has 0 amide bonds. The summed E-state index contributed by atoms with van der Waals surface area (Å²) in [5, 5.41) is 2.63. The van der Waals surface area contributed by atoms with E-state index in [-0.39, 0.29) is 11.5 Å². The standard InChI is InChI=1S/C14H8ClF3N2O/c15-8-1-2-11-10(7-8)13(5-3-9(21)4-6-13)20-12(19-11)14(16,17)18/h1-7H,(H,19,20). The number of allylic oxidation sites excluding steroid dienone is 2. The van der Waals surface area contributed by atoms with E-state index in [9.17, 15) is 18.0 Å². The first kappa shape index (κ1) is 13.9. The number of ketones is 1. The number of carbonyl (C=O) groups excluding carboxylic acids is 1. The number of halogens is 4. The Labute approximate surface area is 122 Å². The van der Waals surface area contributed by atoms with E-state index in [1.807, 2.05) is 0 Å². The Morgan fingerprint density at radius 1 is 1.19 bits per heavy atom. The van der Waals surface area contributed by atoms with Gasteiger partial charge in [0.2, 0.25) is 5.84 Å². The van der Waals surface area contributed by atoms with Crippen molar-refractivity contribution in [1.82, 2.24) is 0 Å². The first-order valence-electron chi connectivity index (χ1n) is 5.97. The first-order valence-corrected chi connectivity index (χ1v) is 6.34. The molecule has 0 saturated carbocycles. The maximum Gasteiger partial charge on any atom is 0.449 e. The number of benzene rings is 1. The van der Waals surface area contributed by atoms with Crippen LogP contribution < -0.4 is 5.32 Å². The lowest BCUT2D eigenvalue weighted by Crippen LogP contribution is -2.39. The predicted molar refractivity (Wildman–Crippen MR) is 73.5 cm³/mol. The molecular weight excluding hydrogens is 305 g/mol. The number of fused-ring (bicyclic) bond motifs is 2. The van der Waals surface area contributed by atoms with E-state index in [1.54, 1.807) is 0 Å². The molecule has 1 spiro atoms. The number of alkyl halides is 3. The van der Waals surface area contributed by atoms with Crippen LogP contribution in [0.4, 0.5) is 18.9 Å². The zero-order chi connectivity index (χ0) is 15.3. The number of nitrogens with one attached hydrogen (secondary N) is 1. The lowest BCUT2D eigenvalue weighted by Gasteiger charge is -2.33. The highest BCUT2D eigenvalue weighted by Crippen LogP contribution is 2.42.